The molecule has 6 N–H and O–H groups in total. The molecule has 6 atom stereocenters. The van der Waals surface area contributed by atoms with E-state index < -0.39 is 44.3 Å². The van der Waals surface area contributed by atoms with Crippen LogP contribution in [0.4, 0.5) is 10.6 Å². The van der Waals surface area contributed by atoms with Gasteiger partial charge in [-0.05, 0) is 91.8 Å². The lowest BCUT2D eigenvalue weighted by Crippen LogP contribution is -2.50. The van der Waals surface area contributed by atoms with Gasteiger partial charge in [0.15, 0.2) is 18.4 Å². The first kappa shape index (κ1) is 45.5. The number of nitrogens with two attached hydrogens (primary N) is 1. The molecule has 0 saturated carbocycles. The van der Waals surface area contributed by atoms with E-state index in [1.54, 1.807) is 66.1 Å². The Morgan fingerprint density at radius 1 is 0.815 bits per heavy atom. The van der Waals surface area contributed by atoms with Gasteiger partial charge in [-0.1, -0.05) is 97.1 Å². The second-order valence-electron chi connectivity index (χ2n) is 16.6. The van der Waals surface area contributed by atoms with Crippen molar-refractivity contribution in [1.29, 1.82) is 0 Å². The fraction of sp³-hybridized carbons (Fsp3) is 0.327. The molecule has 3 amide bonds. The van der Waals surface area contributed by atoms with E-state index in [1.807, 2.05) is 91.0 Å². The van der Waals surface area contributed by atoms with Gasteiger partial charge in [-0.25, -0.2) is 9.36 Å². The monoisotopic (exact) mass is 902 g/mol. The second kappa shape index (κ2) is 20.4. The number of amides is 3. The number of hydrogen-bond donors (Lipinski definition) is 5. The van der Waals surface area contributed by atoms with E-state index in [1.165, 1.54) is 0 Å². The summed E-state index contributed by atoms with van der Waals surface area (Å²) in [6.45, 7) is 3.75. The number of nitrogens with one attached hydrogen (secondary N) is 2. The van der Waals surface area contributed by atoms with Crippen LogP contribution >= 0.6 is 7.60 Å². The molecule has 2 saturated heterocycles. The Labute approximate surface area is 378 Å². The van der Waals surface area contributed by atoms with Crippen LogP contribution in [0.15, 0.2) is 133 Å². The number of hydrogen-bond acceptors (Lipinski definition) is 11. The molecule has 1 aromatic heterocycles. The van der Waals surface area contributed by atoms with Gasteiger partial charge in [-0.15, -0.1) is 0 Å². The number of nitrogen functional groups attached to an aromatic ring is 1. The molecule has 0 radical (unpaired) electrons. The number of anilines is 1. The van der Waals surface area contributed by atoms with E-state index in [0.717, 1.165) is 22.2 Å². The Bertz CT molecular complexity index is 2580. The van der Waals surface area contributed by atoms with Gasteiger partial charge in [-0.2, -0.15) is 5.10 Å². The lowest BCUT2D eigenvalue weighted by molar-refractivity contribution is -0.394. The Morgan fingerprint density at radius 2 is 1.38 bits per heavy atom. The summed E-state index contributed by atoms with van der Waals surface area (Å²) in [4.78, 5) is 32.2. The number of ether oxygens (including phenoxy) is 2. The van der Waals surface area contributed by atoms with Crippen LogP contribution in [0.2, 0.25) is 0 Å². The zero-order valence-corrected chi connectivity index (χ0v) is 37.2. The zero-order valence-electron chi connectivity index (χ0n) is 36.3. The smallest absolute Gasteiger partial charge is 0.379 e. The minimum Gasteiger partial charge on any atom is -0.424 e. The maximum Gasteiger partial charge on any atom is 0.379 e. The van der Waals surface area contributed by atoms with Crippen molar-refractivity contribution in [1.82, 2.24) is 25.3 Å². The summed E-state index contributed by atoms with van der Waals surface area (Å²) in [5.74, 6) is 0.344. The highest BCUT2D eigenvalue weighted by molar-refractivity contribution is 7.54. The molecular formula is C49H55N6O9P. The number of aliphatic hydroxyl groups excluding tert-OH is 2. The minimum atomic E-state index is -3.72. The van der Waals surface area contributed by atoms with E-state index in [4.69, 9.17) is 24.3 Å². The highest BCUT2D eigenvalue weighted by Crippen LogP contribution is 2.51. The van der Waals surface area contributed by atoms with Gasteiger partial charge in [0.25, 0.3) is 5.91 Å². The fourth-order valence-corrected chi connectivity index (χ4v) is 10.3. The number of H-pyrrole nitrogens is 1. The van der Waals surface area contributed by atoms with Crippen molar-refractivity contribution in [3.05, 3.63) is 161 Å². The average molecular weight is 903 g/mol. The quantitative estimate of drug-likeness (QED) is 0.0438. The molecule has 8 rings (SSSR count). The van der Waals surface area contributed by atoms with Crippen LogP contribution < -0.4 is 15.6 Å². The largest absolute Gasteiger partial charge is 0.424 e. The normalized spacial score (nSPS) is 22.4. The summed E-state index contributed by atoms with van der Waals surface area (Å²) < 4.78 is 37.0. The van der Waals surface area contributed by atoms with E-state index in [2.05, 4.69) is 15.5 Å². The zero-order chi connectivity index (χ0) is 45.5. The molecule has 2 aliphatic rings. The molecule has 2 fully saturated rings. The molecular weight excluding hydrogens is 848 g/mol. The van der Waals surface area contributed by atoms with Crippen molar-refractivity contribution < 1.29 is 42.9 Å². The lowest BCUT2D eigenvalue weighted by Gasteiger charge is -2.38. The molecule has 1 unspecified atom stereocenters. The Kier molecular flexibility index (Phi) is 14.3. The Hall–Kier alpha value is -6.06. The van der Waals surface area contributed by atoms with Crippen LogP contribution in [0.5, 0.6) is 5.75 Å². The van der Waals surface area contributed by atoms with Crippen molar-refractivity contribution in [2.75, 3.05) is 18.4 Å². The molecule has 5 aromatic carbocycles. The number of rotatable bonds is 18. The number of aliphatic hydroxyl groups is 2. The summed E-state index contributed by atoms with van der Waals surface area (Å²) in [6.07, 6.45) is -3.57. The molecule has 3 heterocycles. The molecule has 0 aliphatic carbocycles. The van der Waals surface area contributed by atoms with Gasteiger partial charge in [0, 0.05) is 30.6 Å². The van der Waals surface area contributed by atoms with Crippen LogP contribution in [0.3, 0.4) is 0 Å². The van der Waals surface area contributed by atoms with E-state index >= 15 is 4.79 Å². The van der Waals surface area contributed by atoms with Crippen LogP contribution in [-0.2, 0) is 44.5 Å². The van der Waals surface area contributed by atoms with Gasteiger partial charge in [0.1, 0.15) is 24.1 Å². The van der Waals surface area contributed by atoms with Crippen LogP contribution in [0.25, 0.3) is 10.9 Å². The molecule has 15 nitrogen and oxygen atoms in total. The first-order chi connectivity index (χ1) is 31.4. The number of fused-ring (bicyclic) bond motifs is 1. The van der Waals surface area contributed by atoms with Crippen molar-refractivity contribution in [3.63, 3.8) is 0 Å². The second-order valence-corrected chi connectivity index (χ2v) is 18.7. The Morgan fingerprint density at radius 3 is 1.98 bits per heavy atom. The van der Waals surface area contributed by atoms with Gasteiger partial charge in [-0.3, -0.25) is 14.4 Å². The maximum absolute atomic E-state index is 15.3. The van der Waals surface area contributed by atoms with Gasteiger partial charge in [0.2, 0.25) is 0 Å². The number of carbonyl (C=O) groups is 2. The summed E-state index contributed by atoms with van der Waals surface area (Å²) in [5.41, 5.74) is 10.4. The minimum absolute atomic E-state index is 0.00790. The number of carbonyl (C=O) groups excluding carboxylic acids is 2. The van der Waals surface area contributed by atoms with E-state index in [0.29, 0.717) is 28.1 Å². The number of nitrogens with zero attached hydrogens (tertiary/aromatic N) is 3. The molecule has 65 heavy (non-hydrogen) atoms. The van der Waals surface area contributed by atoms with Crippen molar-refractivity contribution >= 4 is 36.3 Å². The van der Waals surface area contributed by atoms with Crippen molar-refractivity contribution in [3.8, 4) is 5.75 Å². The van der Waals surface area contributed by atoms with Gasteiger partial charge in [0.05, 0.1) is 23.8 Å². The molecule has 0 bridgehead atoms. The molecule has 6 aromatic rings. The third-order valence-electron chi connectivity index (χ3n) is 11.8. The number of aromatic amines is 1. The molecule has 2 aliphatic heterocycles. The van der Waals surface area contributed by atoms with Gasteiger partial charge < -0.3 is 45.1 Å². The third kappa shape index (κ3) is 11.1. The third-order valence-corrected chi connectivity index (χ3v) is 13.8. The van der Waals surface area contributed by atoms with Crippen LogP contribution in [-0.4, -0.2) is 97.8 Å². The summed E-state index contributed by atoms with van der Waals surface area (Å²) in [6, 6.07) is 38.4. The number of aromatic nitrogens is 2. The molecule has 340 valence electrons. The standard InChI is InChI=1S/C49H55N6O9P/c1-32(48-61-33(2)62-48)63-65(60,64-39-20-10-5-11-21-39)25-13-24-51-47(58)38-19-12-18-36(26-38)30-54-42(28-34-14-6-3-7-15-34)44(56)45(57)43(29-35-16-8-4-9-17-35)55(49(54)59)31-37-22-23-41-40(27-37)46(50)53-52-41/h3-12,14-23,26-27,32-33,42-45,48,56-57H,13,24-25,28-31H2,1-2H3,(H,51,58)(H3,50,52,53)/t32-,33?,42+,43+,44-,45-,48?,65?/m0/s1. The Balaban J connectivity index is 1.02. The predicted molar refractivity (Wildman–Crippen MR) is 246 cm³/mol. The molecule has 16 heteroatoms. The van der Waals surface area contributed by atoms with Crippen LogP contribution in [0.1, 0.15) is 52.9 Å². The summed E-state index contributed by atoms with van der Waals surface area (Å²) in [7, 11) is -3.72. The fourth-order valence-electron chi connectivity index (χ4n) is 8.45. The van der Waals surface area contributed by atoms with Crippen molar-refractivity contribution in [2.24, 2.45) is 0 Å². The lowest BCUT2D eigenvalue weighted by atomic mass is 9.91. The van der Waals surface area contributed by atoms with E-state index in [9.17, 15) is 19.6 Å². The highest BCUT2D eigenvalue weighted by Gasteiger charge is 2.46. The van der Waals surface area contributed by atoms with Gasteiger partial charge >= 0.3 is 13.6 Å². The summed E-state index contributed by atoms with van der Waals surface area (Å²) in [5, 5.41) is 35.1. The summed E-state index contributed by atoms with van der Waals surface area (Å²) >= 11 is 0. The average Bonchev–Trinajstić information content (AvgIpc) is 3.66. The first-order valence-corrected chi connectivity index (χ1v) is 23.6. The van der Waals surface area contributed by atoms with Crippen molar-refractivity contribution in [2.45, 2.75) is 89.2 Å². The number of urea groups is 1. The maximum atomic E-state index is 15.3. The predicted octanol–water partition coefficient (Wildman–Crippen LogP) is 7.04. The number of para-hydroxylation sites is 1. The van der Waals surface area contributed by atoms with Crippen LogP contribution in [0, 0.1) is 0 Å². The SMILES string of the molecule is CC1OC([C@H](C)OP(=O)(CCCNC(=O)c2cccc(CN3C(=O)N(Cc4ccc5[nH]nc(N)c5c4)[C@H](Cc4ccccc4)[C@H](O)[C@@H](O)[C@H]3Cc3ccccc3)c2)Oc2ccccc2)O1. The number of benzene rings is 5. The molecule has 0 spiro atoms. The highest BCUT2D eigenvalue weighted by atomic mass is 31.2. The first-order valence-electron chi connectivity index (χ1n) is 21.9. The topological polar surface area (TPSA) is 202 Å². The van der Waals surface area contributed by atoms with E-state index in [-0.39, 0.29) is 63.3 Å².